The van der Waals surface area contributed by atoms with Gasteiger partial charge in [0.15, 0.2) is 0 Å². The molecule has 3 heteroatoms. The summed E-state index contributed by atoms with van der Waals surface area (Å²) in [6.45, 7) is 1.81. The lowest BCUT2D eigenvalue weighted by Crippen LogP contribution is -1.94. The quantitative estimate of drug-likeness (QED) is 0.636. The fraction of sp³-hybridized carbons (Fsp3) is 0.222. The van der Waals surface area contributed by atoms with Crippen LogP contribution in [0.2, 0.25) is 0 Å². The summed E-state index contributed by atoms with van der Waals surface area (Å²) in [6.07, 6.45) is 0. The van der Waals surface area contributed by atoms with Crippen LogP contribution >= 0.6 is 0 Å². The topological polar surface area (TPSA) is 59.0 Å². The molecule has 1 aromatic carbocycles. The molecule has 0 aliphatic rings. The highest BCUT2D eigenvalue weighted by Gasteiger charge is 2.03. The lowest BCUT2D eigenvalue weighted by molar-refractivity contribution is 0.415. The fourth-order valence-electron chi connectivity index (χ4n) is 0.943. The summed E-state index contributed by atoms with van der Waals surface area (Å²) in [5, 5.41) is 8.70. The number of nitrogens with two attached hydrogens (primary N) is 1. The van der Waals surface area contributed by atoms with Crippen molar-refractivity contribution < 1.29 is 4.74 Å². The zero-order chi connectivity index (χ0) is 9.14. The third-order valence-corrected chi connectivity index (χ3v) is 1.78. The van der Waals surface area contributed by atoms with Crippen molar-refractivity contribution in [2.75, 3.05) is 12.8 Å². The number of rotatable bonds is 1. The number of anilines is 1. The van der Waals surface area contributed by atoms with Gasteiger partial charge in [0.1, 0.15) is 5.75 Å². The first kappa shape index (κ1) is 8.41. The van der Waals surface area contributed by atoms with Crippen LogP contribution in [-0.2, 0) is 0 Å². The van der Waals surface area contributed by atoms with Gasteiger partial charge in [-0.05, 0) is 18.6 Å². The molecule has 0 heterocycles. The van der Waals surface area contributed by atoms with E-state index in [0.29, 0.717) is 17.0 Å². The van der Waals surface area contributed by atoms with Gasteiger partial charge in [-0.25, -0.2) is 0 Å². The number of hydrogen-bond acceptors (Lipinski definition) is 3. The van der Waals surface area contributed by atoms with Gasteiger partial charge in [0.25, 0.3) is 0 Å². The van der Waals surface area contributed by atoms with Crippen LogP contribution in [0.25, 0.3) is 0 Å². The number of ether oxygens (including phenoxy) is 1. The number of nitriles is 1. The van der Waals surface area contributed by atoms with Crippen molar-refractivity contribution in [3.63, 3.8) is 0 Å². The van der Waals surface area contributed by atoms with Gasteiger partial charge in [0.05, 0.1) is 18.7 Å². The number of benzene rings is 1. The van der Waals surface area contributed by atoms with Crippen molar-refractivity contribution in [3.05, 3.63) is 23.3 Å². The molecule has 0 aliphatic carbocycles. The van der Waals surface area contributed by atoms with Gasteiger partial charge >= 0.3 is 0 Å². The van der Waals surface area contributed by atoms with Gasteiger partial charge in [0.2, 0.25) is 0 Å². The van der Waals surface area contributed by atoms with Gasteiger partial charge in [0, 0.05) is 11.8 Å². The summed E-state index contributed by atoms with van der Waals surface area (Å²) in [6, 6.07) is 5.43. The van der Waals surface area contributed by atoms with Crippen molar-refractivity contribution >= 4 is 5.69 Å². The van der Waals surface area contributed by atoms with E-state index in [-0.39, 0.29) is 0 Å². The van der Waals surface area contributed by atoms with Gasteiger partial charge < -0.3 is 10.5 Å². The second kappa shape index (κ2) is 3.14. The van der Waals surface area contributed by atoms with E-state index >= 15 is 0 Å². The maximum Gasteiger partial charge on any atom is 0.122 e. The molecule has 0 spiro atoms. The Morgan fingerprint density at radius 3 is 2.67 bits per heavy atom. The van der Waals surface area contributed by atoms with Gasteiger partial charge in [-0.15, -0.1) is 0 Å². The molecule has 3 nitrogen and oxygen atoms in total. The SMILES string of the molecule is COc1cc(N)c(C)c(C#N)c1. The summed E-state index contributed by atoms with van der Waals surface area (Å²) in [5.74, 6) is 0.620. The van der Waals surface area contributed by atoms with Crippen LogP contribution in [0.3, 0.4) is 0 Å². The molecule has 0 bridgehead atoms. The van der Waals surface area contributed by atoms with Crippen LogP contribution in [0.15, 0.2) is 12.1 Å². The number of nitrogen functional groups attached to an aromatic ring is 1. The van der Waals surface area contributed by atoms with Gasteiger partial charge in [-0.2, -0.15) is 5.26 Å². The first-order valence-corrected chi connectivity index (χ1v) is 3.53. The third kappa shape index (κ3) is 1.32. The van der Waals surface area contributed by atoms with Gasteiger partial charge in [-0.3, -0.25) is 0 Å². The minimum Gasteiger partial charge on any atom is -0.497 e. The highest BCUT2D eigenvalue weighted by atomic mass is 16.5. The third-order valence-electron chi connectivity index (χ3n) is 1.78. The van der Waals surface area contributed by atoms with E-state index in [0.717, 1.165) is 5.56 Å². The summed E-state index contributed by atoms with van der Waals surface area (Å²) >= 11 is 0. The second-order valence-electron chi connectivity index (χ2n) is 2.50. The molecule has 0 unspecified atom stereocenters. The molecule has 1 rings (SSSR count). The van der Waals surface area contributed by atoms with Crippen molar-refractivity contribution in [2.24, 2.45) is 0 Å². The van der Waals surface area contributed by atoms with Crippen molar-refractivity contribution in [1.29, 1.82) is 5.26 Å². The Morgan fingerprint density at radius 2 is 2.17 bits per heavy atom. The molecule has 1 aromatic rings. The predicted molar refractivity (Wildman–Crippen MR) is 46.9 cm³/mol. The van der Waals surface area contributed by atoms with Crippen LogP contribution in [0, 0.1) is 18.3 Å². The van der Waals surface area contributed by atoms with Crippen LogP contribution in [0.5, 0.6) is 5.75 Å². The van der Waals surface area contributed by atoms with E-state index in [9.17, 15) is 0 Å². The van der Waals surface area contributed by atoms with E-state index in [2.05, 4.69) is 6.07 Å². The average Bonchev–Trinajstić information content (AvgIpc) is 2.09. The van der Waals surface area contributed by atoms with Crippen LogP contribution in [-0.4, -0.2) is 7.11 Å². The van der Waals surface area contributed by atoms with E-state index in [1.807, 2.05) is 6.92 Å². The molecule has 2 N–H and O–H groups in total. The molecule has 62 valence electrons. The minimum atomic E-state index is 0.562. The molecule has 0 aromatic heterocycles. The average molecular weight is 162 g/mol. The van der Waals surface area contributed by atoms with Gasteiger partial charge in [-0.1, -0.05) is 0 Å². The molecule has 0 saturated heterocycles. The highest BCUT2D eigenvalue weighted by molar-refractivity contribution is 5.58. The van der Waals surface area contributed by atoms with Crippen LogP contribution in [0.1, 0.15) is 11.1 Å². The highest BCUT2D eigenvalue weighted by Crippen LogP contribution is 2.22. The Balaban J connectivity index is 3.31. The Labute approximate surface area is 71.4 Å². The second-order valence-corrected chi connectivity index (χ2v) is 2.50. The van der Waals surface area contributed by atoms with E-state index in [1.165, 1.54) is 0 Å². The van der Waals surface area contributed by atoms with Crippen molar-refractivity contribution in [2.45, 2.75) is 6.92 Å². The summed E-state index contributed by atoms with van der Waals surface area (Å²) in [7, 11) is 1.55. The molecule has 0 radical (unpaired) electrons. The Bertz CT molecular complexity index is 339. The van der Waals surface area contributed by atoms with Crippen LogP contribution in [0.4, 0.5) is 5.69 Å². The molecule has 0 amide bonds. The van der Waals surface area contributed by atoms with Crippen molar-refractivity contribution in [1.82, 2.24) is 0 Å². The Kier molecular flexibility index (Phi) is 2.20. The first-order chi connectivity index (χ1) is 5.69. The monoisotopic (exact) mass is 162 g/mol. The minimum absolute atomic E-state index is 0.562. The summed E-state index contributed by atoms with van der Waals surface area (Å²) < 4.78 is 4.96. The summed E-state index contributed by atoms with van der Waals surface area (Å²) in [4.78, 5) is 0. The van der Waals surface area contributed by atoms with E-state index < -0.39 is 0 Å². The molecule has 0 saturated carbocycles. The van der Waals surface area contributed by atoms with E-state index in [1.54, 1.807) is 19.2 Å². The Morgan fingerprint density at radius 1 is 1.50 bits per heavy atom. The number of nitrogens with zero attached hydrogens (tertiary/aromatic N) is 1. The largest absolute Gasteiger partial charge is 0.497 e. The molecular formula is C9H10N2O. The molecule has 0 aliphatic heterocycles. The van der Waals surface area contributed by atoms with E-state index in [4.69, 9.17) is 15.7 Å². The smallest absolute Gasteiger partial charge is 0.122 e. The molecule has 0 fully saturated rings. The number of hydrogen-bond donors (Lipinski definition) is 1. The van der Waals surface area contributed by atoms with Crippen LogP contribution < -0.4 is 10.5 Å². The lowest BCUT2D eigenvalue weighted by Gasteiger charge is -2.05. The predicted octanol–water partition coefficient (Wildman–Crippen LogP) is 1.46. The molecular weight excluding hydrogens is 152 g/mol. The van der Waals surface area contributed by atoms with Crippen molar-refractivity contribution in [3.8, 4) is 11.8 Å². The Hall–Kier alpha value is -1.69. The molecule has 12 heavy (non-hydrogen) atoms. The summed E-state index contributed by atoms with van der Waals surface area (Å²) in [5.41, 5.74) is 7.60. The molecule has 0 atom stereocenters. The fourth-order valence-corrected chi connectivity index (χ4v) is 0.943. The normalized spacial score (nSPS) is 9.08. The first-order valence-electron chi connectivity index (χ1n) is 3.53. The standard InChI is InChI=1S/C9H10N2O/c1-6-7(5-10)3-8(12-2)4-9(6)11/h3-4H,11H2,1-2H3. The lowest BCUT2D eigenvalue weighted by atomic mass is 10.1. The zero-order valence-corrected chi connectivity index (χ0v) is 7.09. The number of methoxy groups -OCH3 is 1. The maximum atomic E-state index is 8.70. The maximum absolute atomic E-state index is 8.70. The zero-order valence-electron chi connectivity index (χ0n) is 7.09.